The van der Waals surface area contributed by atoms with E-state index in [0.717, 1.165) is 31.9 Å². The molecule has 5 nitrogen and oxygen atoms in total. The summed E-state index contributed by atoms with van der Waals surface area (Å²) in [6, 6.07) is 0. The Kier molecular flexibility index (Phi) is 11.5. The second kappa shape index (κ2) is 11.5. The van der Waals surface area contributed by atoms with Gasteiger partial charge in [-0.2, -0.15) is 0 Å². The Balaban J connectivity index is 0.00000529. The van der Waals surface area contributed by atoms with Crippen molar-refractivity contribution < 1.29 is 5.11 Å². The summed E-state index contributed by atoms with van der Waals surface area (Å²) in [5.74, 6) is 0.804. The number of nitrogens with zero attached hydrogens (tertiary/aromatic N) is 2. The molecule has 0 bridgehead atoms. The predicted octanol–water partition coefficient (Wildman–Crippen LogP) is 2.98. The molecule has 1 aliphatic rings. The van der Waals surface area contributed by atoms with Crippen LogP contribution in [-0.4, -0.2) is 59.8 Å². The first-order chi connectivity index (χ1) is 10.9. The van der Waals surface area contributed by atoms with E-state index < -0.39 is 5.60 Å². The second-order valence-electron chi connectivity index (χ2n) is 7.34. The first-order valence-electron chi connectivity index (χ1n) is 9.36. The molecule has 0 amide bonds. The number of likely N-dealkylation sites (tertiary alicyclic amines) is 1. The highest BCUT2D eigenvalue weighted by Gasteiger charge is 2.28. The minimum atomic E-state index is -0.654. The molecule has 144 valence electrons. The summed E-state index contributed by atoms with van der Waals surface area (Å²) in [5.41, 5.74) is -0.576. The third-order valence-corrected chi connectivity index (χ3v) is 5.08. The molecule has 1 heterocycles. The molecule has 3 N–H and O–H groups in total. The van der Waals surface area contributed by atoms with Crippen molar-refractivity contribution in [2.24, 2.45) is 4.99 Å². The van der Waals surface area contributed by atoms with Gasteiger partial charge in [-0.25, -0.2) is 0 Å². The Hall–Kier alpha value is -0.0800. The summed E-state index contributed by atoms with van der Waals surface area (Å²) in [6.07, 6.45) is 5.44. The van der Waals surface area contributed by atoms with Gasteiger partial charge >= 0.3 is 0 Å². The van der Waals surface area contributed by atoms with Gasteiger partial charge in [0, 0.05) is 18.6 Å². The quantitative estimate of drug-likeness (QED) is 0.300. The van der Waals surface area contributed by atoms with E-state index in [2.05, 4.69) is 36.3 Å². The number of rotatable bonds is 8. The van der Waals surface area contributed by atoms with Crippen LogP contribution in [0.4, 0.5) is 0 Å². The molecule has 1 rings (SSSR count). The normalized spacial score (nSPS) is 17.3. The molecular formula is C18H39IN4O. The van der Waals surface area contributed by atoms with Crippen molar-refractivity contribution in [3.63, 3.8) is 0 Å². The average molecular weight is 454 g/mol. The van der Waals surface area contributed by atoms with Gasteiger partial charge in [-0.1, -0.05) is 20.3 Å². The minimum absolute atomic E-state index is 0. The van der Waals surface area contributed by atoms with Crippen LogP contribution in [0.25, 0.3) is 0 Å². The van der Waals surface area contributed by atoms with Gasteiger partial charge in [0.15, 0.2) is 5.96 Å². The number of nitrogens with one attached hydrogen (secondary N) is 2. The number of hydrogen-bond acceptors (Lipinski definition) is 3. The van der Waals surface area contributed by atoms with Gasteiger partial charge in [0.05, 0.1) is 12.1 Å². The van der Waals surface area contributed by atoms with Crippen molar-refractivity contribution in [1.82, 2.24) is 15.5 Å². The number of hydrogen-bond donors (Lipinski definition) is 3. The summed E-state index contributed by atoms with van der Waals surface area (Å²) in [5, 5.41) is 17.0. The first-order valence-corrected chi connectivity index (χ1v) is 9.36. The van der Waals surface area contributed by atoms with Crippen molar-refractivity contribution in [3.05, 3.63) is 0 Å². The van der Waals surface area contributed by atoms with Crippen molar-refractivity contribution in [1.29, 1.82) is 0 Å². The summed E-state index contributed by atoms with van der Waals surface area (Å²) >= 11 is 0. The largest absolute Gasteiger partial charge is 0.388 e. The van der Waals surface area contributed by atoms with E-state index in [1.807, 2.05) is 13.8 Å². The molecule has 0 aliphatic carbocycles. The fourth-order valence-corrected chi connectivity index (χ4v) is 2.96. The van der Waals surface area contributed by atoms with Crippen molar-refractivity contribution in [2.75, 3.05) is 32.7 Å². The Morgan fingerprint density at radius 1 is 1.04 bits per heavy atom. The van der Waals surface area contributed by atoms with Crippen LogP contribution in [0.1, 0.15) is 66.7 Å². The highest BCUT2D eigenvalue weighted by Crippen LogP contribution is 2.20. The molecule has 0 aromatic rings. The van der Waals surface area contributed by atoms with Gasteiger partial charge in [-0.15, -0.1) is 24.0 Å². The van der Waals surface area contributed by atoms with E-state index in [1.54, 1.807) is 0 Å². The molecule has 0 radical (unpaired) electrons. The van der Waals surface area contributed by atoms with E-state index in [9.17, 15) is 5.11 Å². The van der Waals surface area contributed by atoms with Gasteiger partial charge in [0.25, 0.3) is 0 Å². The molecule has 0 spiro atoms. The highest BCUT2D eigenvalue weighted by molar-refractivity contribution is 14.0. The molecular weight excluding hydrogens is 415 g/mol. The fraction of sp³-hybridized carbons (Fsp3) is 0.944. The van der Waals surface area contributed by atoms with Gasteiger partial charge in [-0.05, 0) is 59.5 Å². The number of aliphatic hydroxyl groups is 1. The lowest BCUT2D eigenvalue weighted by Gasteiger charge is -2.40. The monoisotopic (exact) mass is 454 g/mol. The van der Waals surface area contributed by atoms with Crippen molar-refractivity contribution in [3.8, 4) is 0 Å². The van der Waals surface area contributed by atoms with Crippen molar-refractivity contribution >= 4 is 29.9 Å². The van der Waals surface area contributed by atoms with Gasteiger partial charge < -0.3 is 15.7 Å². The maximum Gasteiger partial charge on any atom is 0.191 e. The number of aliphatic imine (C=N–C) groups is 1. The van der Waals surface area contributed by atoms with Crippen LogP contribution < -0.4 is 10.6 Å². The Labute approximate surface area is 166 Å². The number of piperidine rings is 1. The first kappa shape index (κ1) is 23.9. The van der Waals surface area contributed by atoms with Crippen LogP contribution in [-0.2, 0) is 0 Å². The van der Waals surface area contributed by atoms with Crippen LogP contribution in [0, 0.1) is 0 Å². The Morgan fingerprint density at radius 2 is 1.62 bits per heavy atom. The standard InChI is InChI=1S/C18H38N4O.HI/c1-6-18(23,7-2)15-21-16(19-8-3)20-14-17(4,5)22-12-10-9-11-13-22;/h23H,6-15H2,1-5H3,(H2,19,20,21);1H. The van der Waals surface area contributed by atoms with Crippen LogP contribution >= 0.6 is 24.0 Å². The Morgan fingerprint density at radius 3 is 2.12 bits per heavy atom. The van der Waals surface area contributed by atoms with Crippen LogP contribution in [0.2, 0.25) is 0 Å². The fourth-order valence-electron chi connectivity index (χ4n) is 2.96. The highest BCUT2D eigenvalue weighted by atomic mass is 127. The lowest BCUT2D eigenvalue weighted by molar-refractivity contribution is 0.0367. The van der Waals surface area contributed by atoms with Crippen LogP contribution in [0.15, 0.2) is 4.99 Å². The molecule has 0 atom stereocenters. The number of halogens is 1. The van der Waals surface area contributed by atoms with E-state index in [-0.39, 0.29) is 29.5 Å². The van der Waals surface area contributed by atoms with Gasteiger partial charge in [-0.3, -0.25) is 9.89 Å². The predicted molar refractivity (Wildman–Crippen MR) is 114 cm³/mol. The lowest BCUT2D eigenvalue weighted by atomic mass is 9.98. The van der Waals surface area contributed by atoms with E-state index >= 15 is 0 Å². The van der Waals surface area contributed by atoms with Gasteiger partial charge in [0.2, 0.25) is 0 Å². The van der Waals surface area contributed by atoms with Gasteiger partial charge in [0.1, 0.15) is 0 Å². The zero-order valence-corrected chi connectivity index (χ0v) is 18.7. The van der Waals surface area contributed by atoms with E-state index in [1.165, 1.54) is 32.4 Å². The van der Waals surface area contributed by atoms with Crippen molar-refractivity contribution in [2.45, 2.75) is 77.9 Å². The maximum atomic E-state index is 10.4. The summed E-state index contributed by atoms with van der Waals surface area (Å²) < 4.78 is 0. The van der Waals surface area contributed by atoms with Crippen LogP contribution in [0.3, 0.4) is 0 Å². The van der Waals surface area contributed by atoms with E-state index in [4.69, 9.17) is 4.99 Å². The SMILES string of the molecule is CCNC(=NCC(C)(C)N1CCCCC1)NCC(O)(CC)CC.I. The smallest absolute Gasteiger partial charge is 0.191 e. The molecule has 0 saturated carbocycles. The minimum Gasteiger partial charge on any atom is -0.388 e. The summed E-state index contributed by atoms with van der Waals surface area (Å²) in [7, 11) is 0. The molecule has 1 saturated heterocycles. The number of guanidine groups is 1. The Bertz CT molecular complexity index is 364. The lowest BCUT2D eigenvalue weighted by Crippen LogP contribution is -2.50. The topological polar surface area (TPSA) is 59.9 Å². The zero-order valence-electron chi connectivity index (χ0n) is 16.3. The summed E-state index contributed by atoms with van der Waals surface area (Å²) in [6.45, 7) is 15.2. The molecule has 0 unspecified atom stereocenters. The average Bonchev–Trinajstić information content (AvgIpc) is 2.58. The molecule has 1 aliphatic heterocycles. The second-order valence-corrected chi connectivity index (χ2v) is 7.34. The molecule has 0 aromatic carbocycles. The molecule has 24 heavy (non-hydrogen) atoms. The molecule has 6 heteroatoms. The maximum absolute atomic E-state index is 10.4. The third kappa shape index (κ3) is 7.87. The zero-order chi connectivity index (χ0) is 17.3. The summed E-state index contributed by atoms with van der Waals surface area (Å²) in [4.78, 5) is 7.33. The van der Waals surface area contributed by atoms with E-state index in [0.29, 0.717) is 6.54 Å². The van der Waals surface area contributed by atoms with Crippen LogP contribution in [0.5, 0.6) is 0 Å². The third-order valence-electron chi connectivity index (χ3n) is 5.08. The molecule has 1 fully saturated rings. The molecule has 0 aromatic heterocycles.